The van der Waals surface area contributed by atoms with E-state index in [1.807, 2.05) is 0 Å². The number of ether oxygens (including phenoxy) is 3. The van der Waals surface area contributed by atoms with E-state index in [0.29, 0.717) is 19.3 Å². The van der Waals surface area contributed by atoms with Crippen LogP contribution in [0.2, 0.25) is 0 Å². The number of hydrogen-bond donors (Lipinski definition) is 0. The van der Waals surface area contributed by atoms with E-state index in [0.717, 1.165) is 96.3 Å². The summed E-state index contributed by atoms with van der Waals surface area (Å²) < 4.78 is 16.8. The molecule has 0 aliphatic carbocycles. The number of allylic oxidation sites excluding steroid dienone is 10. The maximum Gasteiger partial charge on any atom is 0.306 e. The summed E-state index contributed by atoms with van der Waals surface area (Å²) in [6.45, 7) is 6.51. The Bertz CT molecular complexity index is 1170. The smallest absolute Gasteiger partial charge is 0.306 e. The summed E-state index contributed by atoms with van der Waals surface area (Å²) in [5.74, 6) is -0.879. The van der Waals surface area contributed by atoms with Crippen molar-refractivity contribution in [1.82, 2.24) is 0 Å². The molecule has 1 atom stereocenters. The van der Waals surface area contributed by atoms with Gasteiger partial charge in [-0.1, -0.05) is 248 Å². The summed E-state index contributed by atoms with van der Waals surface area (Å²) in [6.07, 6.45) is 65.0. The minimum Gasteiger partial charge on any atom is -0.462 e. The highest BCUT2D eigenvalue weighted by molar-refractivity contribution is 5.71. The topological polar surface area (TPSA) is 78.9 Å². The van der Waals surface area contributed by atoms with Gasteiger partial charge in [0.05, 0.1) is 0 Å². The number of esters is 3. The highest BCUT2D eigenvalue weighted by Gasteiger charge is 2.19. The number of rotatable bonds is 49. The Morgan fingerprint density at radius 1 is 0.328 bits per heavy atom. The number of hydrogen-bond acceptors (Lipinski definition) is 6. The van der Waals surface area contributed by atoms with Gasteiger partial charge in [-0.15, -0.1) is 0 Å². The third kappa shape index (κ3) is 50.1. The van der Waals surface area contributed by atoms with E-state index in [1.54, 1.807) is 0 Å². The van der Waals surface area contributed by atoms with Crippen molar-refractivity contribution in [3.8, 4) is 0 Å². The van der Waals surface area contributed by atoms with Crippen LogP contribution in [0.5, 0.6) is 0 Å². The molecule has 0 radical (unpaired) electrons. The fourth-order valence-electron chi connectivity index (χ4n) is 7.70. The van der Waals surface area contributed by atoms with E-state index in [-0.39, 0.29) is 31.1 Å². The predicted molar refractivity (Wildman–Crippen MR) is 275 cm³/mol. The molecule has 0 aliphatic rings. The minimum absolute atomic E-state index is 0.0743. The molecule has 0 fully saturated rings. The fraction of sp³-hybridized carbons (Fsp3) is 0.776. The highest BCUT2D eigenvalue weighted by atomic mass is 16.6. The predicted octanol–water partition coefficient (Wildman–Crippen LogP) is 18.0. The van der Waals surface area contributed by atoms with Gasteiger partial charge >= 0.3 is 17.9 Å². The zero-order valence-electron chi connectivity index (χ0n) is 42.3. The van der Waals surface area contributed by atoms with Crippen molar-refractivity contribution in [2.24, 2.45) is 0 Å². The van der Waals surface area contributed by atoms with Crippen LogP contribution in [0.4, 0.5) is 0 Å². The summed E-state index contributed by atoms with van der Waals surface area (Å²) in [7, 11) is 0. The molecule has 0 bridgehead atoms. The first-order valence-corrected chi connectivity index (χ1v) is 27.3. The fourth-order valence-corrected chi connectivity index (χ4v) is 7.70. The van der Waals surface area contributed by atoms with E-state index >= 15 is 0 Å². The molecule has 0 spiro atoms. The van der Waals surface area contributed by atoms with Gasteiger partial charge in [-0.2, -0.15) is 0 Å². The molecule has 0 N–H and O–H groups in total. The molecule has 0 aromatic carbocycles. The first kappa shape index (κ1) is 61.1. The van der Waals surface area contributed by atoms with Crippen LogP contribution >= 0.6 is 0 Å². The molecule has 0 heterocycles. The van der Waals surface area contributed by atoms with Crippen molar-refractivity contribution in [3.05, 3.63) is 60.8 Å². The van der Waals surface area contributed by atoms with Crippen molar-refractivity contribution in [3.63, 3.8) is 0 Å². The lowest BCUT2D eigenvalue weighted by molar-refractivity contribution is -0.167. The van der Waals surface area contributed by atoms with Crippen LogP contribution in [0.3, 0.4) is 0 Å². The van der Waals surface area contributed by atoms with Crippen LogP contribution in [0.15, 0.2) is 60.8 Å². The summed E-state index contributed by atoms with van der Waals surface area (Å²) in [4.78, 5) is 37.9. The first-order valence-electron chi connectivity index (χ1n) is 27.3. The van der Waals surface area contributed by atoms with Gasteiger partial charge in [0.2, 0.25) is 0 Å². The molecule has 0 aliphatic heterocycles. The molecule has 0 aromatic heterocycles. The lowest BCUT2D eigenvalue weighted by Gasteiger charge is -2.18. The molecule has 0 aromatic rings. The summed E-state index contributed by atoms with van der Waals surface area (Å²) >= 11 is 0. The summed E-state index contributed by atoms with van der Waals surface area (Å²) in [6, 6.07) is 0. The maximum atomic E-state index is 12.8. The van der Waals surface area contributed by atoms with Gasteiger partial charge < -0.3 is 14.2 Å². The van der Waals surface area contributed by atoms with Crippen molar-refractivity contribution in [2.75, 3.05) is 13.2 Å². The van der Waals surface area contributed by atoms with Gasteiger partial charge in [-0.3, -0.25) is 14.4 Å². The zero-order valence-corrected chi connectivity index (χ0v) is 42.3. The third-order valence-electron chi connectivity index (χ3n) is 11.8. The molecule has 0 amide bonds. The standard InChI is InChI=1S/C58H102O6/c1-4-7-10-13-16-19-21-23-25-26-27-28-29-30-31-32-33-35-36-39-42-45-48-51-57(60)63-54-55(53-62-56(59)50-47-44-41-38-18-15-12-9-6-3)64-58(61)52-49-46-43-40-37-34-24-22-20-17-14-11-8-5-2/h7,10,16,19,23,25,27-28,30-31,55H,4-6,8-9,11-15,17-18,20-22,24,26,29,32-54H2,1-3H3/b10-7-,19-16-,25-23-,28-27-,31-30-. The second-order valence-corrected chi connectivity index (χ2v) is 18.1. The molecule has 6 heteroatoms. The quantitative estimate of drug-likeness (QED) is 0.0262. The monoisotopic (exact) mass is 895 g/mol. The SMILES string of the molecule is CC/C=C\C/C=C\C/C=C\C/C=C\C/C=C\CCCCCCCCCC(=O)OCC(COC(=O)CCCCCCCCCCC)OC(=O)CCCCCCCCCCCCCCCC. The molecule has 370 valence electrons. The average Bonchev–Trinajstić information content (AvgIpc) is 3.29. The third-order valence-corrected chi connectivity index (χ3v) is 11.8. The number of carbonyl (C=O) groups is 3. The van der Waals surface area contributed by atoms with Crippen molar-refractivity contribution < 1.29 is 28.6 Å². The Balaban J connectivity index is 4.27. The van der Waals surface area contributed by atoms with Gasteiger partial charge in [0.25, 0.3) is 0 Å². The van der Waals surface area contributed by atoms with Crippen LogP contribution in [0.25, 0.3) is 0 Å². The van der Waals surface area contributed by atoms with Gasteiger partial charge in [0, 0.05) is 19.3 Å². The minimum atomic E-state index is -0.773. The molecule has 0 rings (SSSR count). The van der Waals surface area contributed by atoms with Crippen LogP contribution < -0.4 is 0 Å². The Labute approximate surface area is 396 Å². The van der Waals surface area contributed by atoms with E-state index in [2.05, 4.69) is 81.5 Å². The Hall–Kier alpha value is -2.89. The lowest BCUT2D eigenvalue weighted by Crippen LogP contribution is -2.30. The molecule has 0 saturated heterocycles. The van der Waals surface area contributed by atoms with E-state index < -0.39 is 6.10 Å². The van der Waals surface area contributed by atoms with Gasteiger partial charge in [-0.05, 0) is 64.2 Å². The summed E-state index contributed by atoms with van der Waals surface area (Å²) in [5, 5.41) is 0. The molecule has 6 nitrogen and oxygen atoms in total. The van der Waals surface area contributed by atoms with Crippen LogP contribution in [0.1, 0.15) is 271 Å². The van der Waals surface area contributed by atoms with Crippen LogP contribution in [-0.2, 0) is 28.6 Å². The number of carbonyl (C=O) groups excluding carboxylic acids is 3. The molecular weight excluding hydrogens is 793 g/mol. The largest absolute Gasteiger partial charge is 0.462 e. The summed E-state index contributed by atoms with van der Waals surface area (Å²) in [5.41, 5.74) is 0. The normalized spacial score (nSPS) is 12.5. The maximum absolute atomic E-state index is 12.8. The van der Waals surface area contributed by atoms with Gasteiger partial charge in [-0.25, -0.2) is 0 Å². The first-order chi connectivity index (χ1) is 31.5. The molecule has 64 heavy (non-hydrogen) atoms. The van der Waals surface area contributed by atoms with Gasteiger partial charge in [0.1, 0.15) is 13.2 Å². The lowest BCUT2D eigenvalue weighted by atomic mass is 10.0. The highest BCUT2D eigenvalue weighted by Crippen LogP contribution is 2.16. The van der Waals surface area contributed by atoms with Crippen molar-refractivity contribution in [2.45, 2.75) is 277 Å². The molecular formula is C58H102O6. The van der Waals surface area contributed by atoms with Crippen molar-refractivity contribution in [1.29, 1.82) is 0 Å². The van der Waals surface area contributed by atoms with E-state index in [4.69, 9.17) is 14.2 Å². The second-order valence-electron chi connectivity index (χ2n) is 18.1. The Morgan fingerprint density at radius 2 is 0.609 bits per heavy atom. The van der Waals surface area contributed by atoms with Crippen molar-refractivity contribution >= 4 is 17.9 Å². The number of unbranched alkanes of at least 4 members (excludes halogenated alkanes) is 28. The van der Waals surface area contributed by atoms with E-state index in [9.17, 15) is 14.4 Å². The van der Waals surface area contributed by atoms with Crippen LogP contribution in [0, 0.1) is 0 Å². The van der Waals surface area contributed by atoms with Crippen LogP contribution in [-0.4, -0.2) is 37.2 Å². The van der Waals surface area contributed by atoms with E-state index in [1.165, 1.54) is 135 Å². The van der Waals surface area contributed by atoms with Gasteiger partial charge in [0.15, 0.2) is 6.10 Å². The Kier molecular flexibility index (Phi) is 50.4. The zero-order chi connectivity index (χ0) is 46.5. The molecule has 0 saturated carbocycles. The average molecular weight is 895 g/mol. The second kappa shape index (κ2) is 52.7. The Morgan fingerprint density at radius 3 is 0.953 bits per heavy atom. The molecule has 1 unspecified atom stereocenters.